The first-order chi connectivity index (χ1) is 7.86. The van der Waals surface area contributed by atoms with Crippen LogP contribution in [0, 0.1) is 0 Å². The number of rotatable bonds is 3. The highest BCUT2D eigenvalue weighted by Crippen LogP contribution is 2.29. The minimum Gasteiger partial charge on any atom is -0.396 e. The molecule has 4 heteroatoms. The van der Waals surface area contributed by atoms with E-state index in [2.05, 4.69) is 16.1 Å². The van der Waals surface area contributed by atoms with Crippen molar-refractivity contribution in [3.05, 3.63) is 45.3 Å². The van der Waals surface area contributed by atoms with E-state index in [0.29, 0.717) is 0 Å². The van der Waals surface area contributed by atoms with Crippen molar-refractivity contribution in [2.45, 2.75) is 31.7 Å². The lowest BCUT2D eigenvalue weighted by atomic mass is 9.86. The molecule has 0 fully saturated rings. The molecule has 0 bridgehead atoms. The number of benzene rings is 1. The Morgan fingerprint density at radius 3 is 2.94 bits per heavy atom. The van der Waals surface area contributed by atoms with Crippen molar-refractivity contribution in [2.75, 3.05) is 6.61 Å². The monoisotopic (exact) mass is 217 g/mol. The van der Waals surface area contributed by atoms with Crippen LogP contribution in [0.5, 0.6) is 0 Å². The molecular weight excluding hydrogens is 202 g/mol. The van der Waals surface area contributed by atoms with Gasteiger partial charge < -0.3 is 5.11 Å². The lowest BCUT2D eigenvalue weighted by Gasteiger charge is -2.21. The average Bonchev–Trinajstić information content (AvgIpc) is 2.35. The molecule has 1 aliphatic rings. The highest BCUT2D eigenvalue weighted by atomic mass is 16.3. The molecule has 1 N–H and O–H groups in total. The molecule has 2 rings (SSSR count). The molecule has 0 aromatic heterocycles. The van der Waals surface area contributed by atoms with E-state index in [1.807, 2.05) is 12.1 Å². The summed E-state index contributed by atoms with van der Waals surface area (Å²) >= 11 is 0. The first-order valence-electron chi connectivity index (χ1n) is 5.62. The summed E-state index contributed by atoms with van der Waals surface area (Å²) in [5, 5.41) is 12.9. The Labute approximate surface area is 94.5 Å². The summed E-state index contributed by atoms with van der Waals surface area (Å²) in [5.41, 5.74) is 12.1. The first kappa shape index (κ1) is 11.0. The average molecular weight is 217 g/mol. The van der Waals surface area contributed by atoms with Crippen LogP contribution >= 0.6 is 0 Å². The van der Waals surface area contributed by atoms with Gasteiger partial charge in [-0.1, -0.05) is 23.3 Å². The summed E-state index contributed by atoms with van der Waals surface area (Å²) in [6.45, 7) is -0.124. The standard InChI is InChI=1S/C12H15N3O/c13-15-14-12(8-16)11-7-3-5-9-4-1-2-6-10(9)11/h3,5,7,12,16H,1-2,4,6,8H2. The molecule has 16 heavy (non-hydrogen) atoms. The summed E-state index contributed by atoms with van der Waals surface area (Å²) in [7, 11) is 0. The number of aliphatic hydroxyl groups excluding tert-OH is 1. The normalized spacial score (nSPS) is 16.1. The van der Waals surface area contributed by atoms with Crippen molar-refractivity contribution >= 4 is 0 Å². The molecule has 4 nitrogen and oxygen atoms in total. The molecular formula is C12H15N3O. The summed E-state index contributed by atoms with van der Waals surface area (Å²) in [4.78, 5) is 2.80. The lowest BCUT2D eigenvalue weighted by molar-refractivity contribution is 0.267. The maximum absolute atomic E-state index is 9.25. The molecule has 0 heterocycles. The molecule has 0 radical (unpaired) electrons. The Hall–Kier alpha value is -1.51. The molecule has 1 aliphatic carbocycles. The molecule has 0 aliphatic heterocycles. The predicted octanol–water partition coefficient (Wildman–Crippen LogP) is 2.91. The maximum atomic E-state index is 9.25. The minimum absolute atomic E-state index is 0.124. The number of azide groups is 1. The molecule has 0 saturated carbocycles. The van der Waals surface area contributed by atoms with Crippen LogP contribution in [0.2, 0.25) is 0 Å². The largest absolute Gasteiger partial charge is 0.396 e. The van der Waals surface area contributed by atoms with Gasteiger partial charge in [-0.05, 0) is 47.9 Å². The highest BCUT2D eigenvalue weighted by Gasteiger charge is 2.17. The van der Waals surface area contributed by atoms with Crippen molar-refractivity contribution in [2.24, 2.45) is 5.11 Å². The van der Waals surface area contributed by atoms with E-state index in [0.717, 1.165) is 18.4 Å². The predicted molar refractivity (Wildman–Crippen MR) is 62.1 cm³/mol. The third-order valence-corrected chi connectivity index (χ3v) is 3.16. The van der Waals surface area contributed by atoms with Crippen LogP contribution < -0.4 is 0 Å². The quantitative estimate of drug-likeness (QED) is 0.472. The van der Waals surface area contributed by atoms with Crippen LogP contribution in [0.4, 0.5) is 0 Å². The van der Waals surface area contributed by atoms with Crippen molar-refractivity contribution in [1.29, 1.82) is 0 Å². The molecule has 0 saturated heterocycles. The number of hydrogen-bond donors (Lipinski definition) is 1. The second-order valence-corrected chi connectivity index (χ2v) is 4.10. The Morgan fingerprint density at radius 2 is 2.19 bits per heavy atom. The van der Waals surface area contributed by atoms with Gasteiger partial charge in [-0.3, -0.25) is 0 Å². The second-order valence-electron chi connectivity index (χ2n) is 4.10. The third-order valence-electron chi connectivity index (χ3n) is 3.16. The van der Waals surface area contributed by atoms with E-state index in [4.69, 9.17) is 5.53 Å². The fourth-order valence-corrected chi connectivity index (χ4v) is 2.38. The Kier molecular flexibility index (Phi) is 3.44. The van der Waals surface area contributed by atoms with Gasteiger partial charge in [0.15, 0.2) is 0 Å². The number of nitrogens with zero attached hydrogens (tertiary/aromatic N) is 3. The Morgan fingerprint density at radius 1 is 1.38 bits per heavy atom. The van der Waals surface area contributed by atoms with Crippen molar-refractivity contribution in [3.63, 3.8) is 0 Å². The minimum atomic E-state index is -0.432. The van der Waals surface area contributed by atoms with Crippen LogP contribution in [0.15, 0.2) is 23.3 Å². The summed E-state index contributed by atoms with van der Waals surface area (Å²) < 4.78 is 0. The van der Waals surface area contributed by atoms with Crippen LogP contribution in [-0.4, -0.2) is 11.7 Å². The van der Waals surface area contributed by atoms with Crippen LogP contribution in [0.25, 0.3) is 10.4 Å². The van der Waals surface area contributed by atoms with E-state index in [-0.39, 0.29) is 6.61 Å². The molecule has 0 spiro atoms. The van der Waals surface area contributed by atoms with E-state index in [9.17, 15) is 5.11 Å². The van der Waals surface area contributed by atoms with Gasteiger partial charge in [-0.2, -0.15) is 0 Å². The molecule has 1 aromatic carbocycles. The second kappa shape index (κ2) is 5.01. The van der Waals surface area contributed by atoms with Crippen LogP contribution in [0.3, 0.4) is 0 Å². The maximum Gasteiger partial charge on any atom is 0.0859 e. The first-order valence-corrected chi connectivity index (χ1v) is 5.62. The van der Waals surface area contributed by atoms with E-state index >= 15 is 0 Å². The summed E-state index contributed by atoms with van der Waals surface area (Å²) in [5.74, 6) is 0. The van der Waals surface area contributed by atoms with Gasteiger partial charge in [0.05, 0.1) is 12.6 Å². The van der Waals surface area contributed by atoms with Crippen LogP contribution in [0.1, 0.15) is 35.6 Å². The van der Waals surface area contributed by atoms with Crippen molar-refractivity contribution in [1.82, 2.24) is 0 Å². The zero-order chi connectivity index (χ0) is 11.4. The molecule has 1 aromatic rings. The third kappa shape index (κ3) is 2.03. The SMILES string of the molecule is [N-]=[N+]=NC(CO)c1cccc2c1CCCC2. The fourth-order valence-electron chi connectivity index (χ4n) is 2.38. The smallest absolute Gasteiger partial charge is 0.0859 e. The summed E-state index contributed by atoms with van der Waals surface area (Å²) in [6, 6.07) is 5.63. The molecule has 1 atom stereocenters. The molecule has 84 valence electrons. The van der Waals surface area contributed by atoms with E-state index < -0.39 is 6.04 Å². The van der Waals surface area contributed by atoms with Gasteiger partial charge in [0, 0.05) is 4.91 Å². The number of fused-ring (bicyclic) bond motifs is 1. The number of hydrogen-bond acceptors (Lipinski definition) is 2. The topological polar surface area (TPSA) is 69.0 Å². The van der Waals surface area contributed by atoms with E-state index in [1.54, 1.807) is 0 Å². The number of aryl methyl sites for hydroxylation is 1. The zero-order valence-corrected chi connectivity index (χ0v) is 9.13. The lowest BCUT2D eigenvalue weighted by Crippen LogP contribution is -2.10. The van der Waals surface area contributed by atoms with Gasteiger partial charge in [0.2, 0.25) is 0 Å². The number of aliphatic hydroxyl groups is 1. The van der Waals surface area contributed by atoms with E-state index in [1.165, 1.54) is 24.0 Å². The van der Waals surface area contributed by atoms with Crippen molar-refractivity contribution < 1.29 is 5.11 Å². The molecule has 1 unspecified atom stereocenters. The van der Waals surface area contributed by atoms with Gasteiger partial charge in [0.1, 0.15) is 0 Å². The van der Waals surface area contributed by atoms with Gasteiger partial charge in [-0.25, -0.2) is 0 Å². The van der Waals surface area contributed by atoms with Gasteiger partial charge >= 0.3 is 0 Å². The Balaban J connectivity index is 2.43. The molecule has 0 amide bonds. The van der Waals surface area contributed by atoms with Gasteiger partial charge in [-0.15, -0.1) is 0 Å². The summed E-state index contributed by atoms with van der Waals surface area (Å²) in [6.07, 6.45) is 4.53. The highest BCUT2D eigenvalue weighted by molar-refractivity contribution is 5.39. The van der Waals surface area contributed by atoms with Crippen molar-refractivity contribution in [3.8, 4) is 0 Å². The fraction of sp³-hybridized carbons (Fsp3) is 0.500. The van der Waals surface area contributed by atoms with Crippen LogP contribution in [-0.2, 0) is 12.8 Å². The Bertz CT molecular complexity index is 424. The zero-order valence-electron chi connectivity index (χ0n) is 9.13. The van der Waals surface area contributed by atoms with Gasteiger partial charge in [0.25, 0.3) is 0 Å².